The number of hydrogen-bond acceptors (Lipinski definition) is 2. The lowest BCUT2D eigenvalue weighted by Gasteiger charge is -1.84. The van der Waals surface area contributed by atoms with Gasteiger partial charge in [-0.3, -0.25) is 4.79 Å². The molecule has 0 aromatic carbocycles. The Morgan fingerprint density at radius 1 is 1.71 bits per heavy atom. The first-order valence-corrected chi connectivity index (χ1v) is 1.94. The Bertz CT molecular complexity index is 60.0. The summed E-state index contributed by atoms with van der Waals surface area (Å²) in [7, 11) is 0. The molecule has 0 heterocycles. The van der Waals surface area contributed by atoms with Crippen LogP contribution in [0.4, 0.5) is 0 Å². The second kappa shape index (κ2) is 3.61. The molecule has 0 aliphatic rings. The molecule has 0 atom stereocenters. The lowest BCUT2D eigenvalue weighted by molar-refractivity contribution is -0.133. The molecular formula is C4H7O3. The zero-order chi connectivity index (χ0) is 5.70. The fraction of sp³-hybridized carbons (Fsp3) is 0.500. The van der Waals surface area contributed by atoms with E-state index in [1.54, 1.807) is 0 Å². The van der Waals surface area contributed by atoms with Crippen LogP contribution >= 0.6 is 0 Å². The van der Waals surface area contributed by atoms with E-state index in [0.717, 1.165) is 6.42 Å². The molecule has 0 aliphatic carbocycles. The molecule has 0 saturated heterocycles. The van der Waals surface area contributed by atoms with Crippen molar-refractivity contribution < 1.29 is 15.0 Å². The third kappa shape index (κ3) is 5.43. The summed E-state index contributed by atoms with van der Waals surface area (Å²) >= 11 is 0. The zero-order valence-corrected chi connectivity index (χ0v) is 3.79. The molecule has 1 radical (unpaired) electrons. The quantitative estimate of drug-likeness (QED) is 0.513. The van der Waals surface area contributed by atoms with Gasteiger partial charge < -0.3 is 10.2 Å². The molecule has 0 fully saturated rings. The third-order valence-electron chi connectivity index (χ3n) is 0.448. The molecule has 0 bridgehead atoms. The van der Waals surface area contributed by atoms with Gasteiger partial charge in [-0.1, -0.05) is 0 Å². The Morgan fingerprint density at radius 3 is 2.43 bits per heavy atom. The van der Waals surface area contributed by atoms with Gasteiger partial charge in [-0.25, -0.2) is 0 Å². The van der Waals surface area contributed by atoms with Crippen molar-refractivity contribution in [2.45, 2.75) is 6.42 Å². The van der Waals surface area contributed by atoms with Crippen LogP contribution in [-0.4, -0.2) is 22.8 Å². The maximum atomic E-state index is 9.59. The second-order valence-corrected chi connectivity index (χ2v) is 1.05. The number of aliphatic hydroxyl groups excluding tert-OH is 1. The van der Waals surface area contributed by atoms with Crippen molar-refractivity contribution in [3.63, 3.8) is 0 Å². The third-order valence-corrected chi connectivity index (χ3v) is 0.448. The first-order chi connectivity index (χ1) is 3.27. The maximum absolute atomic E-state index is 9.59. The minimum Gasteiger partial charge on any atom is -0.481 e. The molecule has 7 heavy (non-hydrogen) atoms. The molecule has 0 rings (SSSR count). The maximum Gasteiger partial charge on any atom is 0.307 e. The Hall–Kier alpha value is -0.570. The van der Waals surface area contributed by atoms with E-state index < -0.39 is 5.97 Å². The fourth-order valence-corrected chi connectivity index (χ4v) is 0.188. The molecule has 0 spiro atoms. The molecule has 3 nitrogen and oxygen atoms in total. The zero-order valence-electron chi connectivity index (χ0n) is 3.79. The van der Waals surface area contributed by atoms with Crippen LogP contribution < -0.4 is 0 Å². The van der Waals surface area contributed by atoms with Gasteiger partial charge in [0, 0.05) is 6.61 Å². The molecule has 0 amide bonds. The van der Waals surface area contributed by atoms with Gasteiger partial charge in [0.2, 0.25) is 0 Å². The Morgan fingerprint density at radius 2 is 2.29 bits per heavy atom. The molecule has 0 aliphatic heterocycles. The molecule has 41 valence electrons. The number of carboxylic acids is 1. The van der Waals surface area contributed by atoms with Crippen LogP contribution in [0.2, 0.25) is 0 Å². The summed E-state index contributed by atoms with van der Waals surface area (Å²) < 4.78 is 0. The molecular weight excluding hydrogens is 96.0 g/mol. The van der Waals surface area contributed by atoms with Crippen molar-refractivity contribution in [1.29, 1.82) is 0 Å². The van der Waals surface area contributed by atoms with Crippen molar-refractivity contribution in [2.24, 2.45) is 0 Å². The van der Waals surface area contributed by atoms with Crippen LogP contribution in [-0.2, 0) is 4.79 Å². The van der Waals surface area contributed by atoms with Gasteiger partial charge >= 0.3 is 5.97 Å². The summed E-state index contributed by atoms with van der Waals surface area (Å²) in [5, 5.41) is 15.9. The topological polar surface area (TPSA) is 57.5 Å². The van der Waals surface area contributed by atoms with Gasteiger partial charge in [-0.15, -0.1) is 0 Å². The highest BCUT2D eigenvalue weighted by atomic mass is 16.4. The van der Waals surface area contributed by atoms with Gasteiger partial charge in [0.1, 0.15) is 0 Å². The normalized spacial score (nSPS) is 8.71. The van der Waals surface area contributed by atoms with Crippen molar-refractivity contribution in [2.75, 3.05) is 6.61 Å². The van der Waals surface area contributed by atoms with Crippen molar-refractivity contribution in [1.82, 2.24) is 0 Å². The van der Waals surface area contributed by atoms with Crippen molar-refractivity contribution in [3.05, 3.63) is 6.42 Å². The average Bonchev–Trinajstić information content (AvgIpc) is 1.61. The van der Waals surface area contributed by atoms with Crippen LogP contribution in [0.5, 0.6) is 0 Å². The average molecular weight is 103 g/mol. The molecule has 3 heteroatoms. The summed E-state index contributed by atoms with van der Waals surface area (Å²) in [6.45, 7) is -0.0910. The van der Waals surface area contributed by atoms with Crippen LogP contribution in [0.3, 0.4) is 0 Å². The predicted octanol–water partition coefficient (Wildman–Crippen LogP) is -0.342. The number of carboxylic acid groups (broad SMARTS) is 1. The van der Waals surface area contributed by atoms with E-state index in [9.17, 15) is 4.79 Å². The Labute approximate surface area is 41.6 Å². The number of hydrogen-bond donors (Lipinski definition) is 2. The van der Waals surface area contributed by atoms with Gasteiger partial charge in [0.15, 0.2) is 0 Å². The monoisotopic (exact) mass is 103 g/mol. The first-order valence-electron chi connectivity index (χ1n) is 1.94. The lowest BCUT2D eigenvalue weighted by atomic mass is 10.3. The van der Waals surface area contributed by atoms with Gasteiger partial charge in [-0.05, 0) is 6.42 Å². The second-order valence-electron chi connectivity index (χ2n) is 1.05. The summed E-state index contributed by atoms with van der Waals surface area (Å²) in [4.78, 5) is 9.59. The van der Waals surface area contributed by atoms with Gasteiger partial charge in [0.25, 0.3) is 0 Å². The Kier molecular flexibility index (Phi) is 3.32. The standard InChI is InChI=1S/C4H7O3/c5-3-1-2-4(6)7/h2,5H,1,3H2,(H,6,7). The van der Waals surface area contributed by atoms with E-state index >= 15 is 0 Å². The minimum atomic E-state index is -0.978. The number of rotatable bonds is 3. The SMILES string of the molecule is O=C(O)[CH]CCO. The molecule has 0 saturated carbocycles. The number of aliphatic hydroxyl groups is 1. The lowest BCUT2D eigenvalue weighted by Crippen LogP contribution is -1.96. The van der Waals surface area contributed by atoms with Gasteiger partial charge in [-0.2, -0.15) is 0 Å². The van der Waals surface area contributed by atoms with E-state index in [1.165, 1.54) is 0 Å². The van der Waals surface area contributed by atoms with E-state index in [0.29, 0.717) is 0 Å². The highest BCUT2D eigenvalue weighted by molar-refractivity contribution is 5.76. The highest BCUT2D eigenvalue weighted by Crippen LogP contribution is 1.81. The molecule has 0 unspecified atom stereocenters. The largest absolute Gasteiger partial charge is 0.481 e. The molecule has 0 aromatic rings. The summed E-state index contributed by atoms with van der Waals surface area (Å²) in [6, 6.07) is 0. The molecule has 2 N–H and O–H groups in total. The molecule has 0 aromatic heterocycles. The predicted molar refractivity (Wildman–Crippen MR) is 23.6 cm³/mol. The van der Waals surface area contributed by atoms with Gasteiger partial charge in [0.05, 0.1) is 6.42 Å². The summed E-state index contributed by atoms with van der Waals surface area (Å²) in [6.07, 6.45) is 1.25. The number of carbonyl (C=O) groups is 1. The summed E-state index contributed by atoms with van der Waals surface area (Å²) in [5.74, 6) is -0.978. The van der Waals surface area contributed by atoms with Crippen LogP contribution in [0.15, 0.2) is 0 Å². The van der Waals surface area contributed by atoms with Crippen LogP contribution in [0.25, 0.3) is 0 Å². The van der Waals surface area contributed by atoms with E-state index in [4.69, 9.17) is 10.2 Å². The van der Waals surface area contributed by atoms with E-state index in [-0.39, 0.29) is 13.0 Å². The number of aliphatic carboxylic acids is 1. The first kappa shape index (κ1) is 6.43. The van der Waals surface area contributed by atoms with E-state index in [2.05, 4.69) is 0 Å². The minimum absolute atomic E-state index is 0.0910. The van der Waals surface area contributed by atoms with Crippen LogP contribution in [0.1, 0.15) is 6.42 Å². The fourth-order valence-electron chi connectivity index (χ4n) is 0.188. The van der Waals surface area contributed by atoms with Crippen molar-refractivity contribution >= 4 is 5.97 Å². The van der Waals surface area contributed by atoms with Crippen molar-refractivity contribution in [3.8, 4) is 0 Å². The summed E-state index contributed by atoms with van der Waals surface area (Å²) in [5.41, 5.74) is 0. The highest BCUT2D eigenvalue weighted by Gasteiger charge is 1.92. The Balaban J connectivity index is 2.82. The van der Waals surface area contributed by atoms with Crippen LogP contribution in [0, 0.1) is 6.42 Å². The van der Waals surface area contributed by atoms with E-state index in [1.807, 2.05) is 0 Å². The smallest absolute Gasteiger partial charge is 0.307 e.